The van der Waals surface area contributed by atoms with Gasteiger partial charge in [0.05, 0.1) is 6.42 Å². The van der Waals surface area contributed by atoms with Crippen LogP contribution in [0.3, 0.4) is 0 Å². The minimum absolute atomic E-state index is 0.0530. The monoisotopic (exact) mass is 285 g/mol. The van der Waals surface area contributed by atoms with Crippen molar-refractivity contribution < 1.29 is 19.5 Å². The molecule has 0 saturated heterocycles. The average Bonchev–Trinajstić information content (AvgIpc) is 2.39. The van der Waals surface area contributed by atoms with Gasteiger partial charge in [0.2, 0.25) is 5.91 Å². The highest BCUT2D eigenvalue weighted by Crippen LogP contribution is 2.17. The van der Waals surface area contributed by atoms with Crippen LogP contribution in [0.5, 0.6) is 0 Å². The minimum Gasteiger partial charge on any atom is -0.481 e. The number of nitrogens with one attached hydrogen (secondary N) is 3. The normalized spacial score (nSPS) is 15.4. The second kappa shape index (κ2) is 9.17. The van der Waals surface area contributed by atoms with Crippen molar-refractivity contribution in [3.8, 4) is 0 Å². The van der Waals surface area contributed by atoms with Crippen molar-refractivity contribution in [2.75, 3.05) is 13.1 Å². The van der Waals surface area contributed by atoms with Crippen LogP contribution >= 0.6 is 0 Å². The molecule has 0 unspecified atom stereocenters. The van der Waals surface area contributed by atoms with E-state index in [1.165, 1.54) is 6.42 Å². The van der Waals surface area contributed by atoms with Crippen LogP contribution < -0.4 is 16.0 Å². The molecule has 0 aromatic carbocycles. The third-order valence-corrected chi connectivity index (χ3v) is 3.23. The molecule has 4 N–H and O–H groups in total. The first kappa shape index (κ1) is 16.3. The maximum atomic E-state index is 11.6. The predicted molar refractivity (Wildman–Crippen MR) is 73.3 cm³/mol. The first-order valence-corrected chi connectivity index (χ1v) is 7.11. The molecule has 0 aromatic heterocycles. The summed E-state index contributed by atoms with van der Waals surface area (Å²) < 4.78 is 0. The van der Waals surface area contributed by atoms with Gasteiger partial charge in [0, 0.05) is 25.6 Å². The molecule has 1 aliphatic carbocycles. The topological polar surface area (TPSA) is 108 Å². The second-order valence-corrected chi connectivity index (χ2v) is 4.98. The van der Waals surface area contributed by atoms with Crippen LogP contribution in [0.25, 0.3) is 0 Å². The van der Waals surface area contributed by atoms with Gasteiger partial charge < -0.3 is 21.1 Å². The lowest BCUT2D eigenvalue weighted by molar-refractivity contribution is -0.136. The second-order valence-electron chi connectivity index (χ2n) is 4.98. The van der Waals surface area contributed by atoms with E-state index in [2.05, 4.69) is 16.0 Å². The van der Waals surface area contributed by atoms with Gasteiger partial charge in [0.1, 0.15) is 0 Å². The Hall–Kier alpha value is -1.79. The fraction of sp³-hybridized carbons (Fsp3) is 0.769. The molecule has 0 aromatic rings. The molecule has 0 radical (unpaired) electrons. The van der Waals surface area contributed by atoms with Gasteiger partial charge in [0.15, 0.2) is 0 Å². The van der Waals surface area contributed by atoms with Crippen LogP contribution in [0.4, 0.5) is 4.79 Å². The molecule has 1 aliphatic rings. The van der Waals surface area contributed by atoms with Crippen LogP contribution in [-0.2, 0) is 9.59 Å². The number of carboxylic acid groups (broad SMARTS) is 1. The van der Waals surface area contributed by atoms with Crippen LogP contribution in [-0.4, -0.2) is 42.1 Å². The van der Waals surface area contributed by atoms with Gasteiger partial charge in [-0.2, -0.15) is 0 Å². The zero-order valence-corrected chi connectivity index (χ0v) is 11.6. The van der Waals surface area contributed by atoms with Gasteiger partial charge in [0.25, 0.3) is 0 Å². The molecule has 0 aliphatic heterocycles. The van der Waals surface area contributed by atoms with Gasteiger partial charge in [-0.05, 0) is 12.8 Å². The van der Waals surface area contributed by atoms with E-state index in [0.717, 1.165) is 25.7 Å². The number of carbonyl (C=O) groups is 3. The Labute approximate surface area is 118 Å². The fourth-order valence-electron chi connectivity index (χ4n) is 2.18. The van der Waals surface area contributed by atoms with Crippen molar-refractivity contribution in [2.24, 2.45) is 0 Å². The Morgan fingerprint density at radius 3 is 2.15 bits per heavy atom. The largest absolute Gasteiger partial charge is 0.481 e. The molecule has 0 spiro atoms. The lowest BCUT2D eigenvalue weighted by Gasteiger charge is -2.22. The van der Waals surface area contributed by atoms with Crippen LogP contribution in [0.2, 0.25) is 0 Å². The highest BCUT2D eigenvalue weighted by molar-refractivity contribution is 5.78. The number of urea groups is 1. The Morgan fingerprint density at radius 2 is 1.55 bits per heavy atom. The Balaban J connectivity index is 2.03. The first-order chi connectivity index (χ1) is 9.58. The van der Waals surface area contributed by atoms with Crippen molar-refractivity contribution in [1.82, 2.24) is 16.0 Å². The van der Waals surface area contributed by atoms with Crippen molar-refractivity contribution in [3.05, 3.63) is 0 Å². The van der Waals surface area contributed by atoms with E-state index in [4.69, 9.17) is 5.11 Å². The van der Waals surface area contributed by atoms with Crippen LogP contribution in [0.1, 0.15) is 44.9 Å². The third kappa shape index (κ3) is 7.60. The molecule has 1 saturated carbocycles. The molecule has 1 fully saturated rings. The molecule has 7 nitrogen and oxygen atoms in total. The highest BCUT2D eigenvalue weighted by atomic mass is 16.4. The lowest BCUT2D eigenvalue weighted by atomic mass is 9.95. The molecule has 0 atom stereocenters. The highest BCUT2D eigenvalue weighted by Gasteiger charge is 2.15. The first-order valence-electron chi connectivity index (χ1n) is 7.11. The molecule has 7 heteroatoms. The van der Waals surface area contributed by atoms with Crippen molar-refractivity contribution in [3.63, 3.8) is 0 Å². The molecular weight excluding hydrogens is 262 g/mol. The maximum absolute atomic E-state index is 11.6. The summed E-state index contributed by atoms with van der Waals surface area (Å²) in [5.74, 6) is -1.01. The zero-order valence-electron chi connectivity index (χ0n) is 11.6. The van der Waals surface area contributed by atoms with E-state index in [1.54, 1.807) is 0 Å². The van der Waals surface area contributed by atoms with Gasteiger partial charge in [-0.3, -0.25) is 9.59 Å². The smallest absolute Gasteiger partial charge is 0.314 e. The van der Waals surface area contributed by atoms with E-state index in [0.29, 0.717) is 0 Å². The quantitative estimate of drug-likeness (QED) is 0.549. The number of carboxylic acids is 1. The number of amides is 3. The van der Waals surface area contributed by atoms with Crippen molar-refractivity contribution in [1.29, 1.82) is 0 Å². The van der Waals surface area contributed by atoms with Gasteiger partial charge >= 0.3 is 12.0 Å². The van der Waals surface area contributed by atoms with E-state index in [1.807, 2.05) is 0 Å². The molecule has 114 valence electrons. The number of carbonyl (C=O) groups excluding carboxylic acids is 2. The summed E-state index contributed by atoms with van der Waals surface area (Å²) in [5.41, 5.74) is 0. The summed E-state index contributed by atoms with van der Waals surface area (Å²) in [6.07, 6.45) is 5.76. The summed E-state index contributed by atoms with van der Waals surface area (Å²) in [4.78, 5) is 33.1. The van der Waals surface area contributed by atoms with Gasteiger partial charge in [-0.25, -0.2) is 4.79 Å². The molecule has 1 rings (SSSR count). The van der Waals surface area contributed by atoms with Gasteiger partial charge in [-0.1, -0.05) is 19.3 Å². The molecule has 0 heterocycles. The minimum atomic E-state index is -0.961. The summed E-state index contributed by atoms with van der Waals surface area (Å²) in [6, 6.07) is -0.169. The van der Waals surface area contributed by atoms with E-state index >= 15 is 0 Å². The standard InChI is InChI=1S/C13H23N3O4/c17-11(16-10-4-2-1-3-5-10)6-8-14-13(20)15-9-7-12(18)19/h10H,1-9H2,(H,16,17)(H,18,19)(H2,14,15,20). The molecule has 0 bridgehead atoms. The molecule has 20 heavy (non-hydrogen) atoms. The summed E-state index contributed by atoms with van der Waals surface area (Å²) >= 11 is 0. The number of hydrogen-bond donors (Lipinski definition) is 4. The number of hydrogen-bond acceptors (Lipinski definition) is 3. The van der Waals surface area contributed by atoms with E-state index < -0.39 is 12.0 Å². The Morgan fingerprint density at radius 1 is 0.950 bits per heavy atom. The zero-order chi connectivity index (χ0) is 14.8. The fourth-order valence-corrected chi connectivity index (χ4v) is 2.18. The molecule has 3 amide bonds. The lowest BCUT2D eigenvalue weighted by Crippen LogP contribution is -2.40. The van der Waals surface area contributed by atoms with Crippen molar-refractivity contribution >= 4 is 17.9 Å². The third-order valence-electron chi connectivity index (χ3n) is 3.23. The molecular formula is C13H23N3O4. The summed E-state index contributed by atoms with van der Waals surface area (Å²) in [6.45, 7) is 0.326. The van der Waals surface area contributed by atoms with Crippen LogP contribution in [0, 0.1) is 0 Å². The van der Waals surface area contributed by atoms with Crippen molar-refractivity contribution in [2.45, 2.75) is 51.0 Å². The Bertz CT molecular complexity index is 341. The summed E-state index contributed by atoms with van der Waals surface area (Å²) in [7, 11) is 0. The maximum Gasteiger partial charge on any atom is 0.314 e. The van der Waals surface area contributed by atoms with Crippen LogP contribution in [0.15, 0.2) is 0 Å². The van der Waals surface area contributed by atoms with E-state index in [9.17, 15) is 14.4 Å². The Kier molecular flexibility index (Phi) is 7.46. The number of rotatable bonds is 7. The summed E-state index contributed by atoms with van der Waals surface area (Å²) in [5, 5.41) is 16.3. The predicted octanol–water partition coefficient (Wildman–Crippen LogP) is 0.599. The number of aliphatic carboxylic acids is 1. The SMILES string of the molecule is O=C(O)CCNC(=O)NCCC(=O)NC1CCCCC1. The average molecular weight is 285 g/mol. The van der Waals surface area contributed by atoms with Gasteiger partial charge in [-0.15, -0.1) is 0 Å². The van der Waals surface area contributed by atoms with E-state index in [-0.39, 0.29) is 37.9 Å².